The molecule has 1 unspecified atom stereocenters. The van der Waals surface area contributed by atoms with E-state index in [4.69, 9.17) is 4.74 Å². The highest BCUT2D eigenvalue weighted by molar-refractivity contribution is 7.99. The van der Waals surface area contributed by atoms with Gasteiger partial charge in [0.1, 0.15) is 16.4 Å². The molecule has 12 heavy (non-hydrogen) atoms. The second-order valence-corrected chi connectivity index (χ2v) is 4.83. The maximum absolute atomic E-state index is 5.46. The second kappa shape index (κ2) is 4.26. The quantitative estimate of drug-likeness (QED) is 0.406. The molecule has 1 aliphatic heterocycles. The average molecular weight is 238 g/mol. The van der Waals surface area contributed by atoms with Crippen LogP contribution in [-0.4, -0.2) is 10.7 Å². The summed E-state index contributed by atoms with van der Waals surface area (Å²) >= 11 is 16.8. The van der Waals surface area contributed by atoms with Crippen LogP contribution in [0.4, 0.5) is 0 Å². The third-order valence-corrected chi connectivity index (χ3v) is 2.90. The van der Waals surface area contributed by atoms with Crippen LogP contribution in [0.1, 0.15) is 6.92 Å². The van der Waals surface area contributed by atoms with Gasteiger partial charge in [-0.15, -0.1) is 25.3 Å². The van der Waals surface area contributed by atoms with Crippen molar-refractivity contribution in [3.63, 3.8) is 0 Å². The number of rotatable bonds is 1. The standard InChI is InChI=1S/C7H10OS4/c1-3-2-4(9)6(10)5(8-3)7(11)12/h2-3,7,9-12H,1H3. The fraction of sp³-hybridized carbons (Fsp3) is 0.429. The molecule has 1 nitrogen and oxygen atoms in total. The minimum Gasteiger partial charge on any atom is -0.488 e. The molecule has 0 spiro atoms. The molecule has 0 saturated carbocycles. The average Bonchev–Trinajstić information content (AvgIpc) is 1.96. The molecule has 0 aromatic heterocycles. The lowest BCUT2D eigenvalue weighted by Gasteiger charge is -2.23. The van der Waals surface area contributed by atoms with E-state index in [9.17, 15) is 0 Å². The van der Waals surface area contributed by atoms with Gasteiger partial charge in [0.05, 0.1) is 4.91 Å². The highest BCUT2D eigenvalue weighted by atomic mass is 32.2. The van der Waals surface area contributed by atoms with Crippen molar-refractivity contribution in [1.29, 1.82) is 0 Å². The van der Waals surface area contributed by atoms with E-state index in [1.165, 1.54) is 0 Å². The predicted octanol–water partition coefficient (Wildman–Crippen LogP) is 2.55. The first-order chi connectivity index (χ1) is 5.52. The fourth-order valence-corrected chi connectivity index (χ4v) is 2.06. The van der Waals surface area contributed by atoms with E-state index in [2.05, 4.69) is 50.5 Å². The summed E-state index contributed by atoms with van der Waals surface area (Å²) in [6.45, 7) is 1.93. The van der Waals surface area contributed by atoms with Crippen molar-refractivity contribution < 1.29 is 4.74 Å². The monoisotopic (exact) mass is 238 g/mol. The minimum absolute atomic E-state index is 0.0187. The SMILES string of the molecule is CC1C=C(S)C(S)=C(C(S)S)O1. The number of ether oxygens (including phenoxy) is 1. The number of thiol groups is 4. The normalized spacial score (nSPS) is 24.2. The van der Waals surface area contributed by atoms with Gasteiger partial charge in [-0.25, -0.2) is 0 Å². The van der Waals surface area contributed by atoms with Gasteiger partial charge < -0.3 is 4.74 Å². The Labute approximate surface area is 94.3 Å². The van der Waals surface area contributed by atoms with Gasteiger partial charge in [0.15, 0.2) is 0 Å². The van der Waals surface area contributed by atoms with E-state index in [0.717, 1.165) is 4.91 Å². The Hall–Kier alpha value is 0.680. The zero-order chi connectivity index (χ0) is 9.30. The molecule has 1 heterocycles. The van der Waals surface area contributed by atoms with E-state index in [1.54, 1.807) is 0 Å². The van der Waals surface area contributed by atoms with E-state index in [1.807, 2.05) is 13.0 Å². The highest BCUT2D eigenvalue weighted by Crippen LogP contribution is 2.33. The van der Waals surface area contributed by atoms with Crippen molar-refractivity contribution in [2.75, 3.05) is 0 Å². The van der Waals surface area contributed by atoms with E-state index < -0.39 is 0 Å². The summed E-state index contributed by atoms with van der Waals surface area (Å²) in [5, 5.41) is 0. The lowest BCUT2D eigenvalue weighted by molar-refractivity contribution is 0.166. The fourth-order valence-electron chi connectivity index (χ4n) is 0.901. The van der Waals surface area contributed by atoms with Gasteiger partial charge in [0, 0.05) is 4.91 Å². The lowest BCUT2D eigenvalue weighted by atomic mass is 10.2. The Morgan fingerprint density at radius 1 is 1.42 bits per heavy atom. The van der Waals surface area contributed by atoms with Crippen molar-refractivity contribution in [3.05, 3.63) is 21.6 Å². The maximum atomic E-state index is 5.46. The molecule has 0 radical (unpaired) electrons. The van der Waals surface area contributed by atoms with Crippen LogP contribution >= 0.6 is 50.5 Å². The van der Waals surface area contributed by atoms with Crippen molar-refractivity contribution in [2.45, 2.75) is 17.6 Å². The second-order valence-electron chi connectivity index (χ2n) is 2.46. The number of hydrogen-bond donors (Lipinski definition) is 4. The van der Waals surface area contributed by atoms with Crippen molar-refractivity contribution in [1.82, 2.24) is 0 Å². The summed E-state index contributed by atoms with van der Waals surface area (Å²) in [6, 6.07) is 0. The van der Waals surface area contributed by atoms with Gasteiger partial charge in [-0.1, -0.05) is 0 Å². The van der Waals surface area contributed by atoms with Gasteiger partial charge in [0.25, 0.3) is 0 Å². The van der Waals surface area contributed by atoms with Crippen LogP contribution in [0.15, 0.2) is 21.6 Å². The largest absolute Gasteiger partial charge is 0.488 e. The first-order valence-corrected chi connectivity index (χ1v) is 5.32. The molecule has 0 amide bonds. The van der Waals surface area contributed by atoms with Gasteiger partial charge in [-0.2, -0.15) is 25.3 Å². The highest BCUT2D eigenvalue weighted by Gasteiger charge is 2.20. The van der Waals surface area contributed by atoms with Crippen LogP contribution in [-0.2, 0) is 4.74 Å². The summed E-state index contributed by atoms with van der Waals surface area (Å²) < 4.78 is 5.22. The predicted molar refractivity (Wildman–Crippen MR) is 65.4 cm³/mol. The molecule has 5 heteroatoms. The Morgan fingerprint density at radius 2 is 2.00 bits per heavy atom. The van der Waals surface area contributed by atoms with E-state index >= 15 is 0 Å². The van der Waals surface area contributed by atoms with Crippen molar-refractivity contribution in [3.8, 4) is 0 Å². The molecule has 1 aliphatic rings. The molecule has 0 N–H and O–H groups in total. The zero-order valence-electron chi connectivity index (χ0n) is 6.43. The van der Waals surface area contributed by atoms with Gasteiger partial charge >= 0.3 is 0 Å². The number of hydrogen-bond acceptors (Lipinski definition) is 5. The van der Waals surface area contributed by atoms with Gasteiger partial charge in [-0.3, -0.25) is 0 Å². The van der Waals surface area contributed by atoms with Gasteiger partial charge in [-0.05, 0) is 13.0 Å². The molecule has 0 bridgehead atoms. The van der Waals surface area contributed by atoms with Crippen LogP contribution in [0.3, 0.4) is 0 Å². The van der Waals surface area contributed by atoms with Crippen LogP contribution in [0.25, 0.3) is 0 Å². The van der Waals surface area contributed by atoms with E-state index in [0.29, 0.717) is 10.7 Å². The third-order valence-electron chi connectivity index (χ3n) is 1.42. The van der Waals surface area contributed by atoms with Crippen LogP contribution in [0.2, 0.25) is 0 Å². The molecular formula is C7H10OS4. The summed E-state index contributed by atoms with van der Waals surface area (Å²) in [5.41, 5.74) is 0. The Morgan fingerprint density at radius 3 is 2.50 bits per heavy atom. The maximum Gasteiger partial charge on any atom is 0.134 e. The molecule has 68 valence electrons. The van der Waals surface area contributed by atoms with Crippen molar-refractivity contribution >= 4 is 50.5 Å². The molecular weight excluding hydrogens is 228 g/mol. The molecule has 0 aromatic carbocycles. The molecule has 0 aromatic rings. The molecule has 1 atom stereocenters. The lowest BCUT2D eigenvalue weighted by Crippen LogP contribution is -2.15. The third kappa shape index (κ3) is 2.34. The Bertz CT molecular complexity index is 244. The Balaban J connectivity index is 2.96. The van der Waals surface area contributed by atoms with Crippen LogP contribution in [0.5, 0.6) is 0 Å². The molecule has 0 aliphatic carbocycles. The van der Waals surface area contributed by atoms with Crippen LogP contribution < -0.4 is 0 Å². The Kier molecular flexibility index (Phi) is 3.82. The van der Waals surface area contributed by atoms with E-state index in [-0.39, 0.29) is 10.7 Å². The smallest absolute Gasteiger partial charge is 0.134 e. The summed E-state index contributed by atoms with van der Waals surface area (Å²) in [5.74, 6) is 0.671. The molecule has 1 rings (SSSR count). The summed E-state index contributed by atoms with van der Waals surface area (Å²) in [7, 11) is 0. The molecule has 0 saturated heterocycles. The van der Waals surface area contributed by atoms with Gasteiger partial charge in [0.2, 0.25) is 0 Å². The molecule has 0 fully saturated rings. The first-order valence-electron chi connectivity index (χ1n) is 3.39. The first kappa shape index (κ1) is 10.8. The topological polar surface area (TPSA) is 9.23 Å². The van der Waals surface area contributed by atoms with Crippen LogP contribution in [0, 0.1) is 0 Å². The minimum atomic E-state index is -0.240. The zero-order valence-corrected chi connectivity index (χ0v) is 10.0. The summed E-state index contributed by atoms with van der Waals surface area (Å²) in [4.78, 5) is 1.53. The summed E-state index contributed by atoms with van der Waals surface area (Å²) in [6.07, 6.45) is 1.91. The van der Waals surface area contributed by atoms with Crippen molar-refractivity contribution in [2.24, 2.45) is 0 Å².